The Hall–Kier alpha value is -0.900. The molecule has 0 saturated carbocycles. The first-order chi connectivity index (χ1) is 8.97. The molecule has 0 aliphatic carbocycles. The maximum atomic E-state index is 11.1. The van der Waals surface area contributed by atoms with Crippen LogP contribution in [0.3, 0.4) is 0 Å². The van der Waals surface area contributed by atoms with Crippen molar-refractivity contribution in [3.05, 3.63) is 10.6 Å². The molecule has 1 heterocycles. The lowest BCUT2D eigenvalue weighted by atomic mass is 10.1. The Bertz CT molecular complexity index is 389. The van der Waals surface area contributed by atoms with Crippen LogP contribution in [0.15, 0.2) is 0 Å². The molecule has 0 amide bonds. The highest BCUT2D eigenvalue weighted by Gasteiger charge is 2.17. The molecule has 0 N–H and O–H groups in total. The number of carbonyl (C=O) groups excluding carboxylic acids is 1. The van der Waals surface area contributed by atoms with E-state index in [0.29, 0.717) is 11.8 Å². The molecular weight excluding hydrogens is 256 g/mol. The van der Waals surface area contributed by atoms with Crippen molar-refractivity contribution >= 4 is 22.8 Å². The van der Waals surface area contributed by atoms with Crippen molar-refractivity contribution in [1.82, 2.24) is 4.98 Å². The summed E-state index contributed by atoms with van der Waals surface area (Å²) in [6, 6.07) is 0. The number of hydrogen-bond acceptors (Lipinski definition) is 4. The lowest BCUT2D eigenvalue weighted by Gasteiger charge is -2.25. The predicted molar refractivity (Wildman–Crippen MR) is 83.4 cm³/mol. The third kappa shape index (κ3) is 4.94. The van der Waals surface area contributed by atoms with Crippen molar-refractivity contribution in [1.29, 1.82) is 0 Å². The molecule has 19 heavy (non-hydrogen) atoms. The Morgan fingerprint density at radius 3 is 2.21 bits per heavy atom. The Morgan fingerprint density at radius 2 is 1.79 bits per heavy atom. The van der Waals surface area contributed by atoms with E-state index in [1.165, 1.54) is 11.3 Å². The fourth-order valence-electron chi connectivity index (χ4n) is 2.11. The molecule has 0 aliphatic heterocycles. The molecule has 0 radical (unpaired) electrons. The number of hydrogen-bond donors (Lipinski definition) is 0. The second kappa shape index (κ2) is 7.63. The molecule has 0 fully saturated rings. The number of carbonyl (C=O) groups is 1. The SMILES string of the molecule is CCCc1nc(N(CC(C)C)CC(C)C)sc1C=O. The maximum Gasteiger partial charge on any atom is 0.186 e. The molecule has 4 heteroatoms. The summed E-state index contributed by atoms with van der Waals surface area (Å²) in [5.74, 6) is 1.19. The molecule has 1 aromatic rings. The van der Waals surface area contributed by atoms with E-state index in [4.69, 9.17) is 4.98 Å². The lowest BCUT2D eigenvalue weighted by molar-refractivity contribution is 0.112. The third-order valence-corrected chi connectivity index (χ3v) is 3.84. The number of aldehydes is 1. The zero-order valence-corrected chi connectivity index (χ0v) is 13.6. The van der Waals surface area contributed by atoms with Crippen molar-refractivity contribution in [2.24, 2.45) is 11.8 Å². The fourth-order valence-corrected chi connectivity index (χ4v) is 3.05. The largest absolute Gasteiger partial charge is 0.348 e. The van der Waals surface area contributed by atoms with Crippen LogP contribution in [-0.4, -0.2) is 24.4 Å². The van der Waals surface area contributed by atoms with E-state index in [9.17, 15) is 4.79 Å². The normalized spacial score (nSPS) is 11.3. The van der Waals surface area contributed by atoms with E-state index >= 15 is 0 Å². The van der Waals surface area contributed by atoms with Gasteiger partial charge in [-0.05, 0) is 18.3 Å². The Kier molecular flexibility index (Phi) is 6.49. The molecule has 0 unspecified atom stereocenters. The molecule has 0 aromatic carbocycles. The van der Waals surface area contributed by atoms with Gasteiger partial charge in [-0.3, -0.25) is 4.79 Å². The van der Waals surface area contributed by atoms with Gasteiger partial charge in [-0.1, -0.05) is 52.4 Å². The van der Waals surface area contributed by atoms with Gasteiger partial charge in [0.2, 0.25) is 0 Å². The zero-order valence-electron chi connectivity index (χ0n) is 12.8. The number of nitrogens with zero attached hydrogens (tertiary/aromatic N) is 2. The molecule has 0 atom stereocenters. The summed E-state index contributed by atoms with van der Waals surface area (Å²) in [5, 5.41) is 1.01. The summed E-state index contributed by atoms with van der Waals surface area (Å²) in [4.78, 5) is 19.0. The topological polar surface area (TPSA) is 33.2 Å². The van der Waals surface area contributed by atoms with Crippen LogP contribution >= 0.6 is 11.3 Å². The van der Waals surface area contributed by atoms with Gasteiger partial charge in [-0.25, -0.2) is 4.98 Å². The van der Waals surface area contributed by atoms with Gasteiger partial charge >= 0.3 is 0 Å². The number of aryl methyl sites for hydroxylation is 1. The number of anilines is 1. The summed E-state index contributed by atoms with van der Waals surface area (Å²) < 4.78 is 0. The number of aromatic nitrogens is 1. The summed E-state index contributed by atoms with van der Waals surface area (Å²) in [7, 11) is 0. The average Bonchev–Trinajstić information content (AvgIpc) is 2.70. The first-order valence-electron chi connectivity index (χ1n) is 7.17. The van der Waals surface area contributed by atoms with Crippen molar-refractivity contribution in [3.63, 3.8) is 0 Å². The van der Waals surface area contributed by atoms with Gasteiger partial charge in [0.25, 0.3) is 0 Å². The van der Waals surface area contributed by atoms with Crippen LogP contribution in [0.5, 0.6) is 0 Å². The number of thiazole rings is 1. The van der Waals surface area contributed by atoms with Gasteiger partial charge < -0.3 is 4.90 Å². The summed E-state index contributed by atoms with van der Waals surface area (Å²) in [5.41, 5.74) is 0.968. The molecule has 1 aromatic heterocycles. The van der Waals surface area contributed by atoms with E-state index in [1.54, 1.807) is 0 Å². The van der Waals surface area contributed by atoms with E-state index in [-0.39, 0.29) is 0 Å². The van der Waals surface area contributed by atoms with Crippen LogP contribution in [0.1, 0.15) is 56.4 Å². The van der Waals surface area contributed by atoms with Crippen molar-refractivity contribution in [2.75, 3.05) is 18.0 Å². The number of rotatable bonds is 8. The molecule has 1 rings (SSSR count). The molecule has 108 valence electrons. The van der Waals surface area contributed by atoms with Crippen molar-refractivity contribution in [2.45, 2.75) is 47.5 Å². The second-order valence-corrected chi connectivity index (χ2v) is 6.88. The molecule has 3 nitrogen and oxygen atoms in total. The van der Waals surface area contributed by atoms with Crippen LogP contribution in [0.25, 0.3) is 0 Å². The van der Waals surface area contributed by atoms with Gasteiger partial charge in [0.15, 0.2) is 11.4 Å². The summed E-state index contributed by atoms with van der Waals surface area (Å²) in [6.45, 7) is 13.0. The van der Waals surface area contributed by atoms with E-state index in [0.717, 1.165) is 47.9 Å². The van der Waals surface area contributed by atoms with Gasteiger partial charge in [-0.2, -0.15) is 0 Å². The molecular formula is C15H26N2OS. The van der Waals surface area contributed by atoms with Crippen molar-refractivity contribution in [3.8, 4) is 0 Å². The minimum atomic E-state index is 0.594. The molecule has 0 bridgehead atoms. The Morgan fingerprint density at radius 1 is 1.21 bits per heavy atom. The van der Waals surface area contributed by atoms with Crippen molar-refractivity contribution < 1.29 is 4.79 Å². The highest BCUT2D eigenvalue weighted by Crippen LogP contribution is 2.27. The maximum absolute atomic E-state index is 11.1. The quantitative estimate of drug-likeness (QED) is 0.675. The third-order valence-electron chi connectivity index (χ3n) is 2.75. The van der Waals surface area contributed by atoms with Crippen LogP contribution in [0.2, 0.25) is 0 Å². The first kappa shape index (κ1) is 16.2. The predicted octanol–water partition coefficient (Wildman–Crippen LogP) is 4.03. The van der Waals surface area contributed by atoms with Crippen LogP contribution in [0.4, 0.5) is 5.13 Å². The van der Waals surface area contributed by atoms with E-state index in [2.05, 4.69) is 39.5 Å². The van der Waals surface area contributed by atoms with Crippen LogP contribution < -0.4 is 4.90 Å². The zero-order chi connectivity index (χ0) is 14.4. The average molecular weight is 282 g/mol. The van der Waals surface area contributed by atoms with Gasteiger partial charge in [0.1, 0.15) is 0 Å². The van der Waals surface area contributed by atoms with Gasteiger partial charge in [-0.15, -0.1) is 0 Å². The lowest BCUT2D eigenvalue weighted by Crippen LogP contribution is -2.31. The minimum absolute atomic E-state index is 0.594. The van der Waals surface area contributed by atoms with Gasteiger partial charge in [0.05, 0.1) is 10.6 Å². The summed E-state index contributed by atoms with van der Waals surface area (Å²) >= 11 is 1.54. The highest BCUT2D eigenvalue weighted by molar-refractivity contribution is 7.17. The molecule has 0 saturated heterocycles. The molecule has 0 aliphatic rings. The monoisotopic (exact) mass is 282 g/mol. The Balaban J connectivity index is 2.97. The molecule has 0 spiro atoms. The standard InChI is InChI=1S/C15H26N2OS/c1-6-7-13-14(10-18)19-15(16-13)17(8-11(2)3)9-12(4)5/h10-12H,6-9H2,1-5H3. The fraction of sp³-hybridized carbons (Fsp3) is 0.733. The second-order valence-electron chi connectivity index (χ2n) is 5.87. The van der Waals surface area contributed by atoms with Crippen LogP contribution in [0, 0.1) is 11.8 Å². The first-order valence-corrected chi connectivity index (χ1v) is 7.99. The van der Waals surface area contributed by atoms with E-state index < -0.39 is 0 Å². The van der Waals surface area contributed by atoms with Crippen LogP contribution in [-0.2, 0) is 6.42 Å². The Labute approximate surface area is 121 Å². The van der Waals surface area contributed by atoms with E-state index in [1.807, 2.05) is 0 Å². The smallest absolute Gasteiger partial charge is 0.186 e. The highest BCUT2D eigenvalue weighted by atomic mass is 32.1. The van der Waals surface area contributed by atoms with Gasteiger partial charge in [0, 0.05) is 13.1 Å². The minimum Gasteiger partial charge on any atom is -0.348 e. The summed E-state index contributed by atoms with van der Waals surface area (Å²) in [6.07, 6.45) is 2.87.